The summed E-state index contributed by atoms with van der Waals surface area (Å²) in [5.74, 6) is 1.65. The number of rotatable bonds is 2. The Morgan fingerprint density at radius 1 is 1.33 bits per heavy atom. The lowest BCUT2D eigenvalue weighted by Crippen LogP contribution is -2.26. The van der Waals surface area contributed by atoms with Crippen LogP contribution in [0.25, 0.3) is 0 Å². The quantitative estimate of drug-likeness (QED) is 0.777. The molecule has 1 fully saturated rings. The Morgan fingerprint density at radius 2 is 2.07 bits per heavy atom. The Hall–Kier alpha value is -1.32. The lowest BCUT2D eigenvalue weighted by Gasteiger charge is -2.27. The van der Waals surface area contributed by atoms with E-state index in [1.54, 1.807) is 6.20 Å². The smallest absolute Gasteiger partial charge is 0.152 e. The molecule has 0 bridgehead atoms. The summed E-state index contributed by atoms with van der Waals surface area (Å²) in [6, 6.07) is 0.526. The number of hydrogen-bond acceptors (Lipinski definition) is 4. The lowest BCUT2D eigenvalue weighted by molar-refractivity contribution is 0.361. The molecule has 0 aliphatic heterocycles. The van der Waals surface area contributed by atoms with Gasteiger partial charge in [-0.1, -0.05) is 6.92 Å². The number of nitrogens with one attached hydrogen (secondary N) is 1. The maximum atomic E-state index is 5.78. The summed E-state index contributed by atoms with van der Waals surface area (Å²) < 4.78 is 0. The van der Waals surface area contributed by atoms with Crippen molar-refractivity contribution < 1.29 is 0 Å². The van der Waals surface area contributed by atoms with Crippen LogP contribution in [-0.2, 0) is 0 Å². The fraction of sp³-hybridized carbons (Fsp3) is 0.636. The largest absolute Gasteiger partial charge is 0.394 e. The molecule has 2 rings (SSSR count). The van der Waals surface area contributed by atoms with Crippen LogP contribution < -0.4 is 11.1 Å². The van der Waals surface area contributed by atoms with E-state index in [9.17, 15) is 0 Å². The SMILES string of the molecule is CC1CCC(Nc2ncncc2N)CC1. The van der Waals surface area contributed by atoms with Crippen molar-refractivity contribution >= 4 is 11.5 Å². The molecule has 0 atom stereocenters. The van der Waals surface area contributed by atoms with E-state index in [1.807, 2.05) is 0 Å². The van der Waals surface area contributed by atoms with Crippen LogP contribution in [0.15, 0.2) is 12.5 Å². The highest BCUT2D eigenvalue weighted by Crippen LogP contribution is 2.26. The Morgan fingerprint density at radius 3 is 2.73 bits per heavy atom. The maximum absolute atomic E-state index is 5.78. The van der Waals surface area contributed by atoms with Crippen LogP contribution in [0.3, 0.4) is 0 Å². The van der Waals surface area contributed by atoms with Crippen molar-refractivity contribution in [3.05, 3.63) is 12.5 Å². The second-order valence-electron chi connectivity index (χ2n) is 4.43. The number of nitrogen functional groups attached to an aromatic ring is 1. The van der Waals surface area contributed by atoms with E-state index in [4.69, 9.17) is 5.73 Å². The zero-order valence-corrected chi connectivity index (χ0v) is 9.11. The fourth-order valence-electron chi connectivity index (χ4n) is 2.06. The van der Waals surface area contributed by atoms with Gasteiger partial charge in [-0.2, -0.15) is 0 Å². The van der Waals surface area contributed by atoms with Crippen LogP contribution in [0, 0.1) is 5.92 Å². The first kappa shape index (κ1) is 10.2. The summed E-state index contributed by atoms with van der Waals surface area (Å²) in [6.45, 7) is 2.31. The summed E-state index contributed by atoms with van der Waals surface area (Å²) in [5.41, 5.74) is 6.41. The van der Waals surface area contributed by atoms with Gasteiger partial charge in [0.1, 0.15) is 6.33 Å². The number of nitrogens with two attached hydrogens (primary N) is 1. The predicted molar refractivity (Wildman–Crippen MR) is 61.5 cm³/mol. The molecule has 4 nitrogen and oxygen atoms in total. The van der Waals surface area contributed by atoms with Crippen molar-refractivity contribution in [1.82, 2.24) is 9.97 Å². The average Bonchev–Trinajstić information content (AvgIpc) is 2.25. The first-order chi connectivity index (χ1) is 7.25. The summed E-state index contributed by atoms with van der Waals surface area (Å²) in [4.78, 5) is 8.02. The molecule has 3 N–H and O–H groups in total. The van der Waals surface area contributed by atoms with Crippen molar-refractivity contribution in [3.8, 4) is 0 Å². The van der Waals surface area contributed by atoms with E-state index in [0.717, 1.165) is 11.7 Å². The van der Waals surface area contributed by atoms with Crippen LogP contribution >= 0.6 is 0 Å². The molecule has 1 aliphatic carbocycles. The maximum Gasteiger partial charge on any atom is 0.152 e. The van der Waals surface area contributed by atoms with E-state index in [2.05, 4.69) is 22.2 Å². The van der Waals surface area contributed by atoms with Crippen LogP contribution in [0.1, 0.15) is 32.6 Å². The topological polar surface area (TPSA) is 63.8 Å². The van der Waals surface area contributed by atoms with Crippen LogP contribution in [0.4, 0.5) is 11.5 Å². The lowest BCUT2D eigenvalue weighted by atomic mass is 9.87. The summed E-state index contributed by atoms with van der Waals surface area (Å²) in [7, 11) is 0. The van der Waals surface area contributed by atoms with Gasteiger partial charge in [-0.05, 0) is 31.6 Å². The first-order valence-corrected chi connectivity index (χ1v) is 5.57. The van der Waals surface area contributed by atoms with Gasteiger partial charge < -0.3 is 11.1 Å². The Labute approximate surface area is 90.3 Å². The van der Waals surface area contributed by atoms with Crippen LogP contribution in [0.2, 0.25) is 0 Å². The van der Waals surface area contributed by atoms with Crippen molar-refractivity contribution in [3.63, 3.8) is 0 Å². The van der Waals surface area contributed by atoms with Gasteiger partial charge in [0, 0.05) is 6.04 Å². The van der Waals surface area contributed by atoms with Crippen molar-refractivity contribution in [2.24, 2.45) is 5.92 Å². The van der Waals surface area contributed by atoms with E-state index >= 15 is 0 Å². The molecule has 1 aromatic heterocycles. The summed E-state index contributed by atoms with van der Waals surface area (Å²) in [6.07, 6.45) is 8.19. The van der Waals surface area contributed by atoms with E-state index in [0.29, 0.717) is 11.7 Å². The Balaban J connectivity index is 1.95. The molecule has 15 heavy (non-hydrogen) atoms. The first-order valence-electron chi connectivity index (χ1n) is 5.57. The highest BCUT2D eigenvalue weighted by Gasteiger charge is 2.18. The van der Waals surface area contributed by atoms with Crippen LogP contribution in [0.5, 0.6) is 0 Å². The minimum Gasteiger partial charge on any atom is -0.394 e. The zero-order valence-electron chi connectivity index (χ0n) is 9.11. The number of aromatic nitrogens is 2. The third-order valence-corrected chi connectivity index (χ3v) is 3.10. The van der Waals surface area contributed by atoms with E-state index in [-0.39, 0.29) is 0 Å². The highest BCUT2D eigenvalue weighted by atomic mass is 15.1. The molecule has 1 aromatic rings. The standard InChI is InChI=1S/C11H18N4/c1-8-2-4-9(5-3-8)15-11-10(12)6-13-7-14-11/h6-9H,2-5,12H2,1H3,(H,13,14,15). The highest BCUT2D eigenvalue weighted by molar-refractivity contribution is 5.59. The second kappa shape index (κ2) is 4.47. The molecule has 0 spiro atoms. The third-order valence-electron chi connectivity index (χ3n) is 3.10. The molecule has 1 aliphatic rings. The van der Waals surface area contributed by atoms with Gasteiger partial charge in [-0.25, -0.2) is 9.97 Å². The second-order valence-corrected chi connectivity index (χ2v) is 4.43. The predicted octanol–water partition coefficient (Wildman–Crippen LogP) is 2.05. The van der Waals surface area contributed by atoms with Crippen LogP contribution in [-0.4, -0.2) is 16.0 Å². The Kier molecular flexibility index (Phi) is 3.04. The van der Waals surface area contributed by atoms with Crippen molar-refractivity contribution in [2.45, 2.75) is 38.6 Å². The summed E-state index contributed by atoms with van der Waals surface area (Å²) in [5, 5.41) is 3.39. The zero-order chi connectivity index (χ0) is 10.7. The number of hydrogen-bond donors (Lipinski definition) is 2. The van der Waals surface area contributed by atoms with Gasteiger partial charge in [0.25, 0.3) is 0 Å². The average molecular weight is 206 g/mol. The molecular formula is C11H18N4. The molecule has 1 heterocycles. The molecular weight excluding hydrogens is 188 g/mol. The van der Waals surface area contributed by atoms with E-state index < -0.39 is 0 Å². The monoisotopic (exact) mass is 206 g/mol. The van der Waals surface area contributed by atoms with Crippen molar-refractivity contribution in [1.29, 1.82) is 0 Å². The van der Waals surface area contributed by atoms with Gasteiger partial charge in [-0.3, -0.25) is 0 Å². The number of anilines is 2. The molecule has 0 unspecified atom stereocenters. The minimum absolute atomic E-state index is 0.526. The number of nitrogens with zero attached hydrogens (tertiary/aromatic N) is 2. The molecule has 4 heteroatoms. The minimum atomic E-state index is 0.526. The molecule has 0 saturated heterocycles. The molecule has 0 radical (unpaired) electrons. The van der Waals surface area contributed by atoms with Gasteiger partial charge in [0.15, 0.2) is 5.82 Å². The third kappa shape index (κ3) is 2.58. The molecule has 82 valence electrons. The molecule has 0 amide bonds. The Bertz CT molecular complexity index is 318. The van der Waals surface area contributed by atoms with Crippen molar-refractivity contribution in [2.75, 3.05) is 11.1 Å². The molecule has 0 aromatic carbocycles. The van der Waals surface area contributed by atoms with E-state index in [1.165, 1.54) is 32.0 Å². The summed E-state index contributed by atoms with van der Waals surface area (Å²) >= 11 is 0. The van der Waals surface area contributed by atoms with Gasteiger partial charge in [0.05, 0.1) is 11.9 Å². The van der Waals surface area contributed by atoms with Gasteiger partial charge in [0.2, 0.25) is 0 Å². The fourth-order valence-corrected chi connectivity index (χ4v) is 2.06. The van der Waals surface area contributed by atoms with Gasteiger partial charge >= 0.3 is 0 Å². The van der Waals surface area contributed by atoms with Gasteiger partial charge in [-0.15, -0.1) is 0 Å². The molecule has 1 saturated carbocycles. The normalized spacial score (nSPS) is 26.2.